The number of ether oxygens (including phenoxy) is 1. The van der Waals surface area contributed by atoms with Gasteiger partial charge in [0.05, 0.1) is 11.9 Å². The van der Waals surface area contributed by atoms with Gasteiger partial charge in [-0.2, -0.15) is 5.10 Å². The van der Waals surface area contributed by atoms with Crippen molar-refractivity contribution >= 4 is 27.6 Å². The Morgan fingerprint density at radius 2 is 2.32 bits per heavy atom. The van der Waals surface area contributed by atoms with Crippen LogP contribution in [0.3, 0.4) is 0 Å². The summed E-state index contributed by atoms with van der Waals surface area (Å²) in [6.07, 6.45) is 1.46. The van der Waals surface area contributed by atoms with Crippen LogP contribution in [0.15, 0.2) is 34.9 Å². The molecular formula is C13H14BrN3O2. The van der Waals surface area contributed by atoms with E-state index in [-0.39, 0.29) is 6.61 Å². The monoisotopic (exact) mass is 323 g/mol. The van der Waals surface area contributed by atoms with Gasteiger partial charge in [0.1, 0.15) is 6.61 Å². The molecule has 6 heteroatoms. The molecule has 0 radical (unpaired) electrons. The van der Waals surface area contributed by atoms with Crippen molar-refractivity contribution in [2.45, 2.75) is 20.1 Å². The van der Waals surface area contributed by atoms with E-state index in [4.69, 9.17) is 10.5 Å². The van der Waals surface area contributed by atoms with E-state index in [1.807, 2.05) is 31.2 Å². The lowest BCUT2D eigenvalue weighted by Gasteiger charge is -2.07. The summed E-state index contributed by atoms with van der Waals surface area (Å²) in [4.78, 5) is 12.0. The van der Waals surface area contributed by atoms with Crippen molar-refractivity contribution in [3.05, 3.63) is 46.2 Å². The average molecular weight is 324 g/mol. The number of carbonyl (C=O) groups is 1. The van der Waals surface area contributed by atoms with Gasteiger partial charge in [0.25, 0.3) is 0 Å². The number of nitrogens with two attached hydrogens (primary N) is 1. The molecule has 0 aliphatic rings. The molecular weight excluding hydrogens is 310 g/mol. The van der Waals surface area contributed by atoms with Crippen molar-refractivity contribution in [2.75, 3.05) is 5.73 Å². The highest BCUT2D eigenvalue weighted by Gasteiger charge is 2.17. The van der Waals surface area contributed by atoms with Crippen molar-refractivity contribution < 1.29 is 9.53 Å². The zero-order valence-corrected chi connectivity index (χ0v) is 12.1. The first kappa shape index (κ1) is 13.6. The number of hydrogen-bond acceptors (Lipinski definition) is 4. The lowest BCUT2D eigenvalue weighted by molar-refractivity contribution is 0.0459. The highest BCUT2D eigenvalue weighted by molar-refractivity contribution is 9.10. The van der Waals surface area contributed by atoms with Gasteiger partial charge in [0.2, 0.25) is 0 Å². The van der Waals surface area contributed by atoms with Crippen LogP contribution in [0.25, 0.3) is 0 Å². The summed E-state index contributed by atoms with van der Waals surface area (Å²) in [5, 5.41) is 4.01. The van der Waals surface area contributed by atoms with Crippen LogP contribution in [0.2, 0.25) is 0 Å². The zero-order chi connectivity index (χ0) is 13.8. The maximum Gasteiger partial charge on any atom is 0.359 e. The Balaban J connectivity index is 2.07. The van der Waals surface area contributed by atoms with Crippen molar-refractivity contribution in [1.82, 2.24) is 9.78 Å². The van der Waals surface area contributed by atoms with Crippen LogP contribution in [-0.2, 0) is 17.9 Å². The number of hydrogen-bond donors (Lipinski definition) is 1. The number of esters is 1. The van der Waals surface area contributed by atoms with Gasteiger partial charge in [0.15, 0.2) is 5.69 Å². The second-order valence-electron chi connectivity index (χ2n) is 3.97. The van der Waals surface area contributed by atoms with Gasteiger partial charge in [-0.1, -0.05) is 28.1 Å². The number of nitrogen functional groups attached to an aromatic ring is 1. The molecule has 1 aromatic heterocycles. The molecule has 2 N–H and O–H groups in total. The second kappa shape index (κ2) is 5.88. The third kappa shape index (κ3) is 3.14. The Labute approximate surface area is 119 Å². The fourth-order valence-electron chi connectivity index (χ4n) is 1.71. The smallest absolute Gasteiger partial charge is 0.359 e. The molecule has 1 heterocycles. The lowest BCUT2D eigenvalue weighted by Crippen LogP contribution is -2.14. The summed E-state index contributed by atoms with van der Waals surface area (Å²) in [6, 6.07) is 7.58. The molecule has 0 spiro atoms. The van der Waals surface area contributed by atoms with Gasteiger partial charge in [-0.05, 0) is 24.6 Å². The Hall–Kier alpha value is -1.82. The molecule has 1 aromatic carbocycles. The third-order valence-electron chi connectivity index (χ3n) is 2.62. The molecule has 0 fully saturated rings. The predicted octanol–water partition coefficient (Wildman–Crippen LogP) is 2.60. The highest BCUT2D eigenvalue weighted by Crippen LogP contribution is 2.15. The number of halogens is 1. The Bertz CT molecular complexity index is 595. The fourth-order valence-corrected chi connectivity index (χ4v) is 2.15. The lowest BCUT2D eigenvalue weighted by atomic mass is 10.2. The van der Waals surface area contributed by atoms with Crippen molar-refractivity contribution in [3.8, 4) is 0 Å². The first-order valence-corrected chi connectivity index (χ1v) is 6.64. The molecule has 0 aliphatic carbocycles. The van der Waals surface area contributed by atoms with Crippen LogP contribution in [0.5, 0.6) is 0 Å². The van der Waals surface area contributed by atoms with Gasteiger partial charge in [-0.15, -0.1) is 0 Å². The van der Waals surface area contributed by atoms with Gasteiger partial charge < -0.3 is 10.5 Å². The largest absolute Gasteiger partial charge is 0.456 e. The summed E-state index contributed by atoms with van der Waals surface area (Å²) < 4.78 is 7.72. The molecule has 0 bridgehead atoms. The average Bonchev–Trinajstić information content (AvgIpc) is 2.77. The Kier molecular flexibility index (Phi) is 4.21. The maximum absolute atomic E-state index is 12.0. The molecule has 0 saturated carbocycles. The number of carbonyl (C=O) groups excluding carboxylic acids is 1. The minimum Gasteiger partial charge on any atom is -0.456 e. The molecule has 0 amide bonds. The Morgan fingerprint density at radius 1 is 1.53 bits per heavy atom. The van der Waals surface area contributed by atoms with E-state index < -0.39 is 5.97 Å². The predicted molar refractivity (Wildman–Crippen MR) is 75.6 cm³/mol. The summed E-state index contributed by atoms with van der Waals surface area (Å²) in [7, 11) is 0. The number of aromatic nitrogens is 2. The van der Waals surface area contributed by atoms with Crippen molar-refractivity contribution in [1.29, 1.82) is 0 Å². The van der Waals surface area contributed by atoms with Crippen molar-refractivity contribution in [2.24, 2.45) is 0 Å². The first-order valence-electron chi connectivity index (χ1n) is 5.84. The molecule has 19 heavy (non-hydrogen) atoms. The first-order chi connectivity index (χ1) is 9.11. The number of rotatable bonds is 4. The van der Waals surface area contributed by atoms with Gasteiger partial charge in [-0.25, -0.2) is 4.79 Å². The minimum absolute atomic E-state index is 0.201. The summed E-state index contributed by atoms with van der Waals surface area (Å²) in [5.74, 6) is -0.461. The third-order valence-corrected chi connectivity index (χ3v) is 3.11. The number of nitrogens with zero attached hydrogens (tertiary/aromatic N) is 2. The fraction of sp³-hybridized carbons (Fsp3) is 0.231. The summed E-state index contributed by atoms with van der Waals surface area (Å²) in [6.45, 7) is 2.66. The molecule has 100 valence electrons. The molecule has 0 aliphatic heterocycles. The number of anilines is 1. The quantitative estimate of drug-likeness (QED) is 0.878. The van der Waals surface area contributed by atoms with Crippen molar-refractivity contribution in [3.63, 3.8) is 0 Å². The standard InChI is InChI=1S/C13H14BrN3O2/c1-2-17-12(11(15)7-16-17)13(18)19-8-9-4-3-5-10(14)6-9/h3-7H,2,8,15H2,1H3. The minimum atomic E-state index is -0.461. The van der Waals surface area contributed by atoms with Gasteiger partial charge >= 0.3 is 5.97 Å². The van der Waals surface area contributed by atoms with E-state index >= 15 is 0 Å². The van der Waals surface area contributed by atoms with Crippen LogP contribution < -0.4 is 5.73 Å². The van der Waals surface area contributed by atoms with Gasteiger partial charge in [-0.3, -0.25) is 4.68 Å². The normalized spacial score (nSPS) is 10.4. The number of benzene rings is 1. The molecule has 0 unspecified atom stereocenters. The number of aryl methyl sites for hydroxylation is 1. The van der Waals surface area contributed by atoms with E-state index in [9.17, 15) is 4.79 Å². The van der Waals surface area contributed by atoms with E-state index in [0.717, 1.165) is 10.0 Å². The summed E-state index contributed by atoms with van der Waals surface area (Å²) >= 11 is 3.37. The van der Waals surface area contributed by atoms with Crippen LogP contribution in [0, 0.1) is 0 Å². The zero-order valence-electron chi connectivity index (χ0n) is 10.5. The van der Waals surface area contributed by atoms with Crippen LogP contribution in [0.4, 0.5) is 5.69 Å². The SMILES string of the molecule is CCn1ncc(N)c1C(=O)OCc1cccc(Br)c1. The highest BCUT2D eigenvalue weighted by atomic mass is 79.9. The van der Waals surface area contributed by atoms with Gasteiger partial charge in [0, 0.05) is 11.0 Å². The molecule has 0 saturated heterocycles. The topological polar surface area (TPSA) is 70.1 Å². The maximum atomic E-state index is 12.0. The van der Waals surface area contributed by atoms with E-state index in [1.54, 1.807) is 0 Å². The van der Waals surface area contributed by atoms with Crippen LogP contribution in [-0.4, -0.2) is 15.7 Å². The van der Waals surface area contributed by atoms with E-state index in [2.05, 4.69) is 21.0 Å². The van der Waals surface area contributed by atoms with E-state index in [0.29, 0.717) is 17.9 Å². The van der Waals surface area contributed by atoms with E-state index in [1.165, 1.54) is 10.9 Å². The Morgan fingerprint density at radius 3 is 3.00 bits per heavy atom. The molecule has 5 nitrogen and oxygen atoms in total. The molecule has 0 atom stereocenters. The van der Waals surface area contributed by atoms with Crippen LogP contribution >= 0.6 is 15.9 Å². The summed E-state index contributed by atoms with van der Waals surface area (Å²) in [5.41, 5.74) is 7.26. The molecule has 2 aromatic rings. The molecule has 2 rings (SSSR count). The van der Waals surface area contributed by atoms with Crippen LogP contribution in [0.1, 0.15) is 23.0 Å². The second-order valence-corrected chi connectivity index (χ2v) is 4.89.